The van der Waals surface area contributed by atoms with Crippen molar-refractivity contribution in [2.75, 3.05) is 6.54 Å². The number of hydrogen-bond donors (Lipinski definition) is 2. The molecular weight excluding hydrogens is 216 g/mol. The van der Waals surface area contributed by atoms with Crippen molar-refractivity contribution in [3.63, 3.8) is 0 Å². The molecule has 2 aromatic rings. The zero-order chi connectivity index (χ0) is 11.9. The minimum atomic E-state index is 0.312. The average Bonchev–Trinajstić information content (AvgIpc) is 2.82. The highest BCUT2D eigenvalue weighted by molar-refractivity contribution is 5.26. The summed E-state index contributed by atoms with van der Waals surface area (Å²) in [6.45, 7) is 2.55. The molecule has 0 radical (unpaired) electrons. The molecule has 90 valence electrons. The van der Waals surface area contributed by atoms with Crippen LogP contribution in [-0.4, -0.2) is 26.6 Å². The van der Waals surface area contributed by atoms with E-state index in [2.05, 4.69) is 15.6 Å². The van der Waals surface area contributed by atoms with Crippen molar-refractivity contribution in [2.24, 2.45) is 0 Å². The molecule has 0 saturated heterocycles. The van der Waals surface area contributed by atoms with Crippen LogP contribution in [0.15, 0.2) is 36.7 Å². The fraction of sp³-hybridized carbons (Fsp3) is 0.333. The third-order valence-electron chi connectivity index (χ3n) is 2.45. The van der Waals surface area contributed by atoms with E-state index in [-0.39, 0.29) is 0 Å². The van der Waals surface area contributed by atoms with Crippen LogP contribution in [0.25, 0.3) is 0 Å². The van der Waals surface area contributed by atoms with Gasteiger partial charge >= 0.3 is 0 Å². The first-order valence-electron chi connectivity index (χ1n) is 5.67. The highest BCUT2D eigenvalue weighted by Crippen LogP contribution is 2.10. The third kappa shape index (κ3) is 3.88. The number of benzene rings is 1. The largest absolute Gasteiger partial charge is 0.508 e. The van der Waals surface area contributed by atoms with Gasteiger partial charge in [0.05, 0.1) is 6.20 Å². The van der Waals surface area contributed by atoms with Crippen LogP contribution in [-0.2, 0) is 13.1 Å². The summed E-state index contributed by atoms with van der Waals surface area (Å²) in [5.74, 6) is 0.312. The minimum Gasteiger partial charge on any atom is -0.508 e. The number of nitrogens with one attached hydrogen (secondary N) is 1. The summed E-state index contributed by atoms with van der Waals surface area (Å²) in [4.78, 5) is 0. The van der Waals surface area contributed by atoms with Gasteiger partial charge in [0.25, 0.3) is 0 Å². The van der Waals surface area contributed by atoms with Crippen LogP contribution < -0.4 is 5.32 Å². The second-order valence-corrected chi connectivity index (χ2v) is 3.87. The average molecular weight is 232 g/mol. The lowest BCUT2D eigenvalue weighted by atomic mass is 10.2. The van der Waals surface area contributed by atoms with Gasteiger partial charge < -0.3 is 10.4 Å². The number of aromatic hydroxyl groups is 1. The predicted octanol–water partition coefficient (Wildman–Crippen LogP) is 1.16. The van der Waals surface area contributed by atoms with E-state index in [0.29, 0.717) is 5.75 Å². The molecule has 0 aliphatic carbocycles. The fourth-order valence-electron chi connectivity index (χ4n) is 1.62. The number of aryl methyl sites for hydroxylation is 1. The lowest BCUT2D eigenvalue weighted by Gasteiger charge is -2.05. The van der Waals surface area contributed by atoms with Gasteiger partial charge in [-0.3, -0.25) is 4.68 Å². The van der Waals surface area contributed by atoms with Gasteiger partial charge in [-0.05, 0) is 30.7 Å². The van der Waals surface area contributed by atoms with Crippen molar-refractivity contribution < 1.29 is 5.11 Å². The van der Waals surface area contributed by atoms with Crippen molar-refractivity contribution in [3.8, 4) is 5.75 Å². The maximum absolute atomic E-state index is 9.29. The lowest BCUT2D eigenvalue weighted by molar-refractivity contribution is 0.473. The van der Waals surface area contributed by atoms with E-state index in [0.717, 1.165) is 31.6 Å². The van der Waals surface area contributed by atoms with Crippen LogP contribution in [0.2, 0.25) is 0 Å². The van der Waals surface area contributed by atoms with E-state index in [9.17, 15) is 5.11 Å². The number of aromatic nitrogens is 3. The molecule has 0 spiro atoms. The minimum absolute atomic E-state index is 0.312. The number of phenols is 1. The highest BCUT2D eigenvalue weighted by Gasteiger charge is 1.95. The Morgan fingerprint density at radius 3 is 3.06 bits per heavy atom. The van der Waals surface area contributed by atoms with Crippen molar-refractivity contribution in [2.45, 2.75) is 19.5 Å². The van der Waals surface area contributed by atoms with Crippen molar-refractivity contribution >= 4 is 0 Å². The smallest absolute Gasteiger partial charge is 0.115 e. The van der Waals surface area contributed by atoms with E-state index >= 15 is 0 Å². The van der Waals surface area contributed by atoms with Crippen LogP contribution in [0, 0.1) is 0 Å². The molecule has 17 heavy (non-hydrogen) atoms. The number of rotatable bonds is 6. The lowest BCUT2D eigenvalue weighted by Crippen LogP contribution is -2.16. The Morgan fingerprint density at radius 1 is 1.35 bits per heavy atom. The zero-order valence-corrected chi connectivity index (χ0v) is 9.58. The van der Waals surface area contributed by atoms with Gasteiger partial charge in [0, 0.05) is 19.3 Å². The van der Waals surface area contributed by atoms with Gasteiger partial charge in [-0.25, -0.2) is 0 Å². The molecule has 5 heteroatoms. The maximum atomic E-state index is 9.29. The number of phenolic OH excluding ortho intramolecular Hbond substituents is 1. The van der Waals surface area contributed by atoms with Gasteiger partial charge in [-0.1, -0.05) is 17.3 Å². The molecule has 1 heterocycles. The molecule has 0 bridgehead atoms. The van der Waals surface area contributed by atoms with Crippen LogP contribution in [0.5, 0.6) is 5.75 Å². The van der Waals surface area contributed by atoms with Crippen molar-refractivity contribution in [3.05, 3.63) is 42.2 Å². The Bertz CT molecular complexity index is 442. The standard InChI is InChI=1S/C12H16N4O/c17-12-4-1-3-11(9-12)10-13-5-2-7-16-8-6-14-15-16/h1,3-4,6,8-9,13,17H,2,5,7,10H2. The van der Waals surface area contributed by atoms with E-state index < -0.39 is 0 Å². The maximum Gasteiger partial charge on any atom is 0.115 e. The summed E-state index contributed by atoms with van der Waals surface area (Å²) < 4.78 is 1.82. The van der Waals surface area contributed by atoms with E-state index in [4.69, 9.17) is 0 Å². The Hall–Kier alpha value is -1.88. The summed E-state index contributed by atoms with van der Waals surface area (Å²) in [7, 11) is 0. The van der Waals surface area contributed by atoms with E-state index in [1.807, 2.05) is 23.0 Å². The first kappa shape index (κ1) is 11.6. The number of hydrogen-bond acceptors (Lipinski definition) is 4. The quantitative estimate of drug-likeness (QED) is 0.734. The second-order valence-electron chi connectivity index (χ2n) is 3.87. The molecule has 1 aromatic heterocycles. The summed E-state index contributed by atoms with van der Waals surface area (Å²) >= 11 is 0. The van der Waals surface area contributed by atoms with Crippen LogP contribution in [0.1, 0.15) is 12.0 Å². The molecule has 0 aliphatic rings. The molecule has 0 aliphatic heterocycles. The van der Waals surface area contributed by atoms with Gasteiger partial charge in [-0.15, -0.1) is 5.10 Å². The zero-order valence-electron chi connectivity index (χ0n) is 9.58. The molecule has 0 fully saturated rings. The number of nitrogens with zero attached hydrogens (tertiary/aromatic N) is 3. The predicted molar refractivity (Wildman–Crippen MR) is 64.5 cm³/mol. The molecular formula is C12H16N4O. The molecule has 0 unspecified atom stereocenters. The third-order valence-corrected chi connectivity index (χ3v) is 2.45. The topological polar surface area (TPSA) is 63.0 Å². The molecule has 1 aromatic carbocycles. The Balaban J connectivity index is 1.63. The molecule has 0 saturated carbocycles. The molecule has 2 N–H and O–H groups in total. The van der Waals surface area contributed by atoms with E-state index in [1.165, 1.54) is 0 Å². The summed E-state index contributed by atoms with van der Waals surface area (Å²) in [5, 5.41) is 20.2. The van der Waals surface area contributed by atoms with Gasteiger partial charge in [-0.2, -0.15) is 0 Å². The first-order chi connectivity index (χ1) is 8.34. The van der Waals surface area contributed by atoms with Gasteiger partial charge in [0.15, 0.2) is 0 Å². The molecule has 0 amide bonds. The SMILES string of the molecule is Oc1cccc(CNCCCn2ccnn2)c1. The van der Waals surface area contributed by atoms with Gasteiger partial charge in [0.1, 0.15) is 5.75 Å². The Kier molecular flexibility index (Phi) is 4.10. The van der Waals surface area contributed by atoms with Crippen LogP contribution in [0.3, 0.4) is 0 Å². The first-order valence-corrected chi connectivity index (χ1v) is 5.67. The molecule has 5 nitrogen and oxygen atoms in total. The summed E-state index contributed by atoms with van der Waals surface area (Å²) in [6, 6.07) is 7.28. The van der Waals surface area contributed by atoms with Crippen LogP contribution in [0.4, 0.5) is 0 Å². The summed E-state index contributed by atoms with van der Waals surface area (Å²) in [6.07, 6.45) is 4.54. The van der Waals surface area contributed by atoms with Gasteiger partial charge in [0.2, 0.25) is 0 Å². The molecule has 0 atom stereocenters. The summed E-state index contributed by atoms with van der Waals surface area (Å²) in [5.41, 5.74) is 1.09. The monoisotopic (exact) mass is 232 g/mol. The highest BCUT2D eigenvalue weighted by atomic mass is 16.3. The van der Waals surface area contributed by atoms with Crippen LogP contribution >= 0.6 is 0 Å². The normalized spacial score (nSPS) is 10.6. The second kappa shape index (κ2) is 6.00. The Morgan fingerprint density at radius 2 is 2.29 bits per heavy atom. The fourth-order valence-corrected chi connectivity index (χ4v) is 1.62. The Labute approximate surface area is 100 Å². The molecule has 2 rings (SSSR count). The van der Waals surface area contributed by atoms with E-state index in [1.54, 1.807) is 18.3 Å². The van der Waals surface area contributed by atoms with Crippen molar-refractivity contribution in [1.29, 1.82) is 0 Å². The van der Waals surface area contributed by atoms with Crippen molar-refractivity contribution in [1.82, 2.24) is 20.3 Å².